The molecule has 0 aliphatic carbocycles. The zero-order valence-corrected chi connectivity index (χ0v) is 13.9. The summed E-state index contributed by atoms with van der Waals surface area (Å²) >= 11 is 2.31. The first-order valence-corrected chi connectivity index (χ1v) is 8.50. The smallest absolute Gasteiger partial charge is 0.363 e. The van der Waals surface area contributed by atoms with E-state index < -0.39 is 4.92 Å². The van der Waals surface area contributed by atoms with Gasteiger partial charge in [-0.3, -0.25) is 0 Å². The predicted octanol–water partition coefficient (Wildman–Crippen LogP) is 3.81. The Kier molecular flexibility index (Phi) is 3.54. The van der Waals surface area contributed by atoms with Crippen LogP contribution in [0.15, 0.2) is 50.5 Å². The van der Waals surface area contributed by atoms with Crippen LogP contribution in [0.4, 0.5) is 5.82 Å². The van der Waals surface area contributed by atoms with Gasteiger partial charge in [-0.2, -0.15) is 9.38 Å². The molecule has 120 valence electrons. The Balaban J connectivity index is 1.67. The number of aryl methyl sites for hydroxylation is 1. The number of fused-ring (bicyclic) bond motifs is 1. The van der Waals surface area contributed by atoms with Crippen LogP contribution in [0.25, 0.3) is 16.4 Å². The van der Waals surface area contributed by atoms with Crippen LogP contribution in [0.2, 0.25) is 0 Å². The Morgan fingerprint density at radius 2 is 2.08 bits per heavy atom. The maximum absolute atomic E-state index is 11.3. The van der Waals surface area contributed by atoms with Gasteiger partial charge in [-0.25, -0.2) is 0 Å². The Morgan fingerprint density at radius 3 is 2.83 bits per heavy atom. The fourth-order valence-electron chi connectivity index (χ4n) is 2.14. The third-order valence-electron chi connectivity index (χ3n) is 3.27. The highest BCUT2D eigenvalue weighted by Gasteiger charge is 2.26. The first-order valence-electron chi connectivity index (χ1n) is 6.80. The molecule has 0 aliphatic heterocycles. The van der Waals surface area contributed by atoms with E-state index in [0.717, 1.165) is 22.9 Å². The molecular formula is C14H9N5O3S2. The van der Waals surface area contributed by atoms with Gasteiger partial charge in [0.05, 0.1) is 0 Å². The summed E-state index contributed by atoms with van der Waals surface area (Å²) in [5.74, 6) is 0.257. The first-order chi connectivity index (χ1) is 11.6. The normalized spacial score (nSPS) is 11.2. The van der Waals surface area contributed by atoms with E-state index >= 15 is 0 Å². The van der Waals surface area contributed by atoms with Crippen LogP contribution in [0.5, 0.6) is 0 Å². The number of nitro groups is 1. The number of hydrogen-bond acceptors (Lipinski definition) is 8. The van der Waals surface area contributed by atoms with Crippen molar-refractivity contribution in [1.29, 1.82) is 0 Å². The quantitative estimate of drug-likeness (QED) is 0.403. The van der Waals surface area contributed by atoms with Gasteiger partial charge in [0.1, 0.15) is 6.20 Å². The average molecular weight is 359 g/mol. The highest BCUT2D eigenvalue weighted by molar-refractivity contribution is 7.99. The van der Waals surface area contributed by atoms with E-state index in [9.17, 15) is 10.1 Å². The van der Waals surface area contributed by atoms with Crippen LogP contribution in [0.3, 0.4) is 0 Å². The Hall–Kier alpha value is -2.72. The molecule has 0 atom stereocenters. The van der Waals surface area contributed by atoms with E-state index in [1.807, 2.05) is 31.2 Å². The molecule has 3 aromatic heterocycles. The van der Waals surface area contributed by atoms with Crippen molar-refractivity contribution in [1.82, 2.24) is 19.6 Å². The third-order valence-corrected chi connectivity index (χ3v) is 4.83. The SMILES string of the molecule is Cc1ccc(-c2nnc(Sc3nc4sccn4c3[N+](=O)[O-])o2)cc1. The molecule has 0 unspecified atom stereocenters. The number of thiazole rings is 1. The lowest BCUT2D eigenvalue weighted by molar-refractivity contribution is -0.393. The van der Waals surface area contributed by atoms with E-state index in [0.29, 0.717) is 10.9 Å². The van der Waals surface area contributed by atoms with Crippen molar-refractivity contribution in [3.8, 4) is 11.5 Å². The van der Waals surface area contributed by atoms with E-state index in [4.69, 9.17) is 4.42 Å². The Morgan fingerprint density at radius 1 is 1.29 bits per heavy atom. The summed E-state index contributed by atoms with van der Waals surface area (Å²) in [5.41, 5.74) is 1.92. The van der Waals surface area contributed by atoms with Crippen LogP contribution >= 0.6 is 23.1 Å². The van der Waals surface area contributed by atoms with Crippen LogP contribution in [0.1, 0.15) is 5.56 Å². The number of nitrogens with zero attached hydrogens (tertiary/aromatic N) is 5. The van der Waals surface area contributed by atoms with Crippen molar-refractivity contribution >= 4 is 33.9 Å². The molecule has 0 bridgehead atoms. The minimum absolute atomic E-state index is 0.105. The summed E-state index contributed by atoms with van der Waals surface area (Å²) < 4.78 is 7.03. The minimum atomic E-state index is -0.466. The zero-order valence-electron chi connectivity index (χ0n) is 12.2. The summed E-state index contributed by atoms with van der Waals surface area (Å²) in [6.07, 6.45) is 1.61. The molecule has 0 amide bonds. The second kappa shape index (κ2) is 5.73. The summed E-state index contributed by atoms with van der Waals surface area (Å²) in [7, 11) is 0. The zero-order chi connectivity index (χ0) is 16.7. The van der Waals surface area contributed by atoms with Gasteiger partial charge >= 0.3 is 5.82 Å². The monoisotopic (exact) mass is 359 g/mol. The molecule has 0 saturated heterocycles. The largest absolute Gasteiger partial charge is 0.411 e. The number of hydrogen-bond donors (Lipinski definition) is 0. The second-order valence-corrected chi connectivity index (χ2v) is 6.71. The fraction of sp³-hybridized carbons (Fsp3) is 0.0714. The highest BCUT2D eigenvalue weighted by atomic mass is 32.2. The topological polar surface area (TPSA) is 99.4 Å². The van der Waals surface area contributed by atoms with E-state index in [-0.39, 0.29) is 16.1 Å². The van der Waals surface area contributed by atoms with Crippen molar-refractivity contribution in [3.05, 3.63) is 51.5 Å². The van der Waals surface area contributed by atoms with Crippen molar-refractivity contribution in [2.24, 2.45) is 0 Å². The molecular weight excluding hydrogens is 350 g/mol. The molecule has 3 heterocycles. The molecule has 10 heteroatoms. The molecule has 0 aliphatic rings. The maximum Gasteiger partial charge on any atom is 0.363 e. The standard InChI is InChI=1S/C14H9N5O3S2/c1-8-2-4-9(5-3-8)10-16-17-14(22-10)24-11-12(19(20)21)18-6-7-23-13(18)15-11/h2-7H,1H3. The van der Waals surface area contributed by atoms with Crippen molar-refractivity contribution < 1.29 is 9.34 Å². The molecule has 0 spiro atoms. The minimum Gasteiger partial charge on any atom is -0.411 e. The van der Waals surface area contributed by atoms with Crippen molar-refractivity contribution in [2.75, 3.05) is 0 Å². The number of aromatic nitrogens is 4. The average Bonchev–Trinajstić information content (AvgIpc) is 3.23. The second-order valence-electron chi connectivity index (χ2n) is 4.89. The first kappa shape index (κ1) is 14.8. The molecule has 0 saturated carbocycles. The molecule has 0 fully saturated rings. The van der Waals surface area contributed by atoms with Crippen LogP contribution in [0, 0.1) is 17.0 Å². The number of benzene rings is 1. The van der Waals surface area contributed by atoms with Gasteiger partial charge in [-0.1, -0.05) is 29.0 Å². The highest BCUT2D eigenvalue weighted by Crippen LogP contribution is 2.36. The molecule has 4 aromatic rings. The third kappa shape index (κ3) is 2.55. The van der Waals surface area contributed by atoms with Crippen LogP contribution in [-0.4, -0.2) is 24.5 Å². The lowest BCUT2D eigenvalue weighted by Gasteiger charge is -1.95. The van der Waals surface area contributed by atoms with Gasteiger partial charge in [0.25, 0.3) is 10.2 Å². The molecule has 1 aromatic carbocycles. The van der Waals surface area contributed by atoms with Gasteiger partial charge < -0.3 is 14.5 Å². The molecule has 4 rings (SSSR count). The van der Waals surface area contributed by atoms with Crippen molar-refractivity contribution in [2.45, 2.75) is 17.2 Å². The van der Waals surface area contributed by atoms with Gasteiger partial charge in [-0.15, -0.1) is 10.2 Å². The number of rotatable bonds is 4. The van der Waals surface area contributed by atoms with Crippen LogP contribution in [-0.2, 0) is 0 Å². The fourth-order valence-corrected chi connectivity index (χ4v) is 3.67. The summed E-state index contributed by atoms with van der Waals surface area (Å²) in [4.78, 5) is 15.6. The van der Waals surface area contributed by atoms with Crippen molar-refractivity contribution in [3.63, 3.8) is 0 Å². The predicted molar refractivity (Wildman–Crippen MR) is 88.3 cm³/mol. The molecule has 0 N–H and O–H groups in total. The molecule has 24 heavy (non-hydrogen) atoms. The number of imidazole rings is 1. The van der Waals surface area contributed by atoms with E-state index in [2.05, 4.69) is 15.2 Å². The molecule has 8 nitrogen and oxygen atoms in total. The van der Waals surface area contributed by atoms with Crippen LogP contribution < -0.4 is 0 Å². The van der Waals surface area contributed by atoms with Gasteiger partial charge in [0.2, 0.25) is 10.9 Å². The van der Waals surface area contributed by atoms with E-state index in [1.54, 1.807) is 11.6 Å². The summed E-state index contributed by atoms with van der Waals surface area (Å²) in [6, 6.07) is 7.65. The maximum atomic E-state index is 11.3. The lowest BCUT2D eigenvalue weighted by Crippen LogP contribution is -1.93. The van der Waals surface area contributed by atoms with E-state index in [1.165, 1.54) is 15.7 Å². The lowest BCUT2D eigenvalue weighted by atomic mass is 10.1. The Bertz CT molecular complexity index is 1030. The van der Waals surface area contributed by atoms with Gasteiger partial charge in [-0.05, 0) is 24.0 Å². The summed E-state index contributed by atoms with van der Waals surface area (Å²) in [6.45, 7) is 1.99. The van der Waals surface area contributed by atoms with Gasteiger partial charge in [0, 0.05) is 22.7 Å². The summed E-state index contributed by atoms with van der Waals surface area (Å²) in [5, 5.41) is 21.4. The van der Waals surface area contributed by atoms with Gasteiger partial charge in [0.15, 0.2) is 0 Å². The molecule has 0 radical (unpaired) electrons. The Labute approximate surface area is 143 Å².